The Labute approximate surface area is 208 Å². The number of benzene rings is 2. The number of fused-ring (bicyclic) bond motifs is 1. The van der Waals surface area contributed by atoms with Gasteiger partial charge in [0.05, 0.1) is 10.3 Å². The minimum absolute atomic E-state index is 0.0333. The Morgan fingerprint density at radius 2 is 1.56 bits per heavy atom. The molecule has 1 amide bonds. The van der Waals surface area contributed by atoms with Crippen molar-refractivity contribution in [1.82, 2.24) is 14.9 Å². The first-order valence-electron chi connectivity index (χ1n) is 11.7. The molecule has 0 aliphatic carbocycles. The number of thioether (sulfide) groups is 1. The molecular weight excluding hydrogens is 460 g/mol. The summed E-state index contributed by atoms with van der Waals surface area (Å²) in [5, 5.41) is 1.76. The average molecular weight is 489 g/mol. The monoisotopic (exact) mass is 488 g/mol. The number of nitrogens with zero attached hydrogens (tertiary/aromatic N) is 4. The standard InChI is InChI=1S/C27H28N4OS2/c1-33-27-28-24(30-15-9-4-10-16-30)22-17-23(34-25(22)29-27)26(32)31(18-20-11-5-2-6-12-20)19-21-13-7-3-8-14-21/h2-3,5-8,11-14,17H,4,9-10,15-16,18-19H2,1H3. The molecule has 1 aliphatic rings. The highest BCUT2D eigenvalue weighted by atomic mass is 32.2. The molecule has 7 heteroatoms. The maximum atomic E-state index is 13.8. The third-order valence-corrected chi connectivity index (χ3v) is 7.69. The fraction of sp³-hybridized carbons (Fsp3) is 0.296. The number of anilines is 1. The number of rotatable bonds is 7. The van der Waals surface area contributed by atoms with Crippen LogP contribution in [0.4, 0.5) is 5.82 Å². The predicted molar refractivity (Wildman–Crippen MR) is 142 cm³/mol. The molecule has 0 unspecified atom stereocenters. The predicted octanol–water partition coefficient (Wildman–Crippen LogP) is 6.25. The van der Waals surface area contributed by atoms with Gasteiger partial charge in [0.2, 0.25) is 0 Å². The zero-order chi connectivity index (χ0) is 23.3. The Hall–Kier alpha value is -2.90. The maximum Gasteiger partial charge on any atom is 0.264 e. The molecule has 2 aromatic heterocycles. The number of amides is 1. The van der Waals surface area contributed by atoms with Crippen molar-refractivity contribution in [2.75, 3.05) is 24.2 Å². The van der Waals surface area contributed by atoms with E-state index >= 15 is 0 Å². The molecule has 34 heavy (non-hydrogen) atoms. The van der Waals surface area contributed by atoms with Gasteiger partial charge in [0.15, 0.2) is 5.16 Å². The van der Waals surface area contributed by atoms with Gasteiger partial charge in [-0.1, -0.05) is 72.4 Å². The summed E-state index contributed by atoms with van der Waals surface area (Å²) in [7, 11) is 0. The third kappa shape index (κ3) is 5.10. The SMILES string of the molecule is CSc1nc(N2CCCCC2)c2cc(C(=O)N(Cc3ccccc3)Cc3ccccc3)sc2n1. The zero-order valence-electron chi connectivity index (χ0n) is 19.3. The second-order valence-corrected chi connectivity index (χ2v) is 10.3. The van der Waals surface area contributed by atoms with Crippen LogP contribution in [0.3, 0.4) is 0 Å². The van der Waals surface area contributed by atoms with Crippen LogP contribution in [0.1, 0.15) is 40.1 Å². The smallest absolute Gasteiger partial charge is 0.264 e. The molecule has 0 N–H and O–H groups in total. The molecule has 1 aliphatic heterocycles. The Morgan fingerprint density at radius 1 is 0.941 bits per heavy atom. The van der Waals surface area contributed by atoms with Crippen molar-refractivity contribution in [2.24, 2.45) is 0 Å². The molecule has 5 nitrogen and oxygen atoms in total. The Morgan fingerprint density at radius 3 is 2.15 bits per heavy atom. The second kappa shape index (κ2) is 10.6. The van der Waals surface area contributed by atoms with Crippen LogP contribution in [0.15, 0.2) is 71.9 Å². The van der Waals surface area contributed by atoms with Crippen molar-refractivity contribution in [2.45, 2.75) is 37.5 Å². The second-order valence-electron chi connectivity index (χ2n) is 8.54. The van der Waals surface area contributed by atoms with Crippen LogP contribution in [0, 0.1) is 0 Å². The summed E-state index contributed by atoms with van der Waals surface area (Å²) in [6.07, 6.45) is 5.62. The van der Waals surface area contributed by atoms with Gasteiger partial charge in [-0.25, -0.2) is 9.97 Å². The number of carbonyl (C=O) groups is 1. The van der Waals surface area contributed by atoms with E-state index in [1.165, 1.54) is 30.6 Å². The first-order chi connectivity index (χ1) is 16.7. The zero-order valence-corrected chi connectivity index (χ0v) is 20.9. The van der Waals surface area contributed by atoms with Gasteiger partial charge in [-0.2, -0.15) is 0 Å². The number of piperidine rings is 1. The molecule has 0 saturated carbocycles. The summed E-state index contributed by atoms with van der Waals surface area (Å²) in [6, 6.07) is 22.4. The number of thiophene rings is 1. The largest absolute Gasteiger partial charge is 0.356 e. The van der Waals surface area contributed by atoms with E-state index in [-0.39, 0.29) is 5.91 Å². The topological polar surface area (TPSA) is 49.3 Å². The molecule has 0 spiro atoms. The number of hydrogen-bond donors (Lipinski definition) is 0. The molecule has 5 rings (SSSR count). The van der Waals surface area contributed by atoms with Gasteiger partial charge in [0.25, 0.3) is 5.91 Å². The maximum absolute atomic E-state index is 13.8. The molecule has 2 aromatic carbocycles. The van der Waals surface area contributed by atoms with E-state index in [4.69, 9.17) is 9.97 Å². The summed E-state index contributed by atoms with van der Waals surface area (Å²) >= 11 is 3.03. The van der Waals surface area contributed by atoms with Crippen LogP contribution < -0.4 is 4.90 Å². The van der Waals surface area contributed by atoms with Crippen molar-refractivity contribution in [3.05, 3.63) is 82.7 Å². The summed E-state index contributed by atoms with van der Waals surface area (Å²) in [6.45, 7) is 3.13. The molecule has 4 aromatic rings. The van der Waals surface area contributed by atoms with E-state index in [9.17, 15) is 4.79 Å². The van der Waals surface area contributed by atoms with Gasteiger partial charge in [0.1, 0.15) is 10.6 Å². The molecule has 0 radical (unpaired) electrons. The fourth-order valence-electron chi connectivity index (χ4n) is 4.39. The van der Waals surface area contributed by atoms with E-state index < -0.39 is 0 Å². The van der Waals surface area contributed by atoms with Crippen LogP contribution in [-0.2, 0) is 13.1 Å². The number of hydrogen-bond acceptors (Lipinski definition) is 6. The normalized spacial score (nSPS) is 13.9. The van der Waals surface area contributed by atoms with Gasteiger partial charge in [0, 0.05) is 26.2 Å². The van der Waals surface area contributed by atoms with Crippen molar-refractivity contribution in [3.8, 4) is 0 Å². The minimum Gasteiger partial charge on any atom is -0.356 e. The molecule has 0 atom stereocenters. The van der Waals surface area contributed by atoms with Crippen molar-refractivity contribution in [3.63, 3.8) is 0 Å². The highest BCUT2D eigenvalue weighted by Crippen LogP contribution is 2.34. The van der Waals surface area contributed by atoms with E-state index in [0.29, 0.717) is 18.0 Å². The van der Waals surface area contributed by atoms with Crippen molar-refractivity contribution < 1.29 is 4.79 Å². The Kier molecular flexibility index (Phi) is 7.11. The Balaban J connectivity index is 1.51. The lowest BCUT2D eigenvalue weighted by molar-refractivity contribution is 0.0735. The van der Waals surface area contributed by atoms with Gasteiger partial charge in [-0.3, -0.25) is 4.79 Å². The van der Waals surface area contributed by atoms with Crippen LogP contribution in [-0.4, -0.2) is 40.1 Å². The van der Waals surface area contributed by atoms with E-state index in [1.54, 1.807) is 11.8 Å². The summed E-state index contributed by atoms with van der Waals surface area (Å²) in [5.74, 6) is 1.01. The molecule has 3 heterocycles. The van der Waals surface area contributed by atoms with Gasteiger partial charge >= 0.3 is 0 Å². The van der Waals surface area contributed by atoms with Crippen molar-refractivity contribution >= 4 is 45.0 Å². The molecule has 1 fully saturated rings. The molecular formula is C27H28N4OS2. The van der Waals surface area contributed by atoms with Crippen LogP contribution in [0.2, 0.25) is 0 Å². The van der Waals surface area contributed by atoms with E-state index in [0.717, 1.165) is 45.4 Å². The minimum atomic E-state index is 0.0333. The quantitative estimate of drug-likeness (QED) is 0.227. The highest BCUT2D eigenvalue weighted by molar-refractivity contribution is 7.98. The number of aromatic nitrogens is 2. The first kappa shape index (κ1) is 22.9. The fourth-order valence-corrected chi connectivity index (χ4v) is 5.81. The third-order valence-electron chi connectivity index (χ3n) is 6.12. The lowest BCUT2D eigenvalue weighted by Gasteiger charge is -2.28. The molecule has 1 saturated heterocycles. The Bertz CT molecular complexity index is 1210. The average Bonchev–Trinajstić information content (AvgIpc) is 3.33. The summed E-state index contributed by atoms with van der Waals surface area (Å²) < 4.78 is 0. The first-order valence-corrected chi connectivity index (χ1v) is 13.7. The number of carbonyl (C=O) groups excluding carboxylic acids is 1. The van der Waals surface area contributed by atoms with Gasteiger partial charge in [-0.05, 0) is 42.7 Å². The van der Waals surface area contributed by atoms with E-state index in [1.807, 2.05) is 53.6 Å². The molecule has 174 valence electrons. The molecule has 0 bridgehead atoms. The van der Waals surface area contributed by atoms with Gasteiger partial charge in [-0.15, -0.1) is 11.3 Å². The van der Waals surface area contributed by atoms with Crippen molar-refractivity contribution in [1.29, 1.82) is 0 Å². The van der Waals surface area contributed by atoms with Crippen LogP contribution in [0.25, 0.3) is 10.2 Å². The summed E-state index contributed by atoms with van der Waals surface area (Å²) in [5.41, 5.74) is 2.23. The van der Waals surface area contributed by atoms with E-state index in [2.05, 4.69) is 29.2 Å². The lowest BCUT2D eigenvalue weighted by atomic mass is 10.1. The van der Waals surface area contributed by atoms with Crippen LogP contribution in [0.5, 0.6) is 0 Å². The highest BCUT2D eigenvalue weighted by Gasteiger charge is 2.23. The lowest BCUT2D eigenvalue weighted by Crippen LogP contribution is -2.30. The van der Waals surface area contributed by atoms with Crippen LogP contribution >= 0.6 is 23.1 Å². The van der Waals surface area contributed by atoms with Gasteiger partial charge < -0.3 is 9.80 Å². The summed E-state index contributed by atoms with van der Waals surface area (Å²) in [4.78, 5) is 29.3.